The Hall–Kier alpha value is -3.08. The van der Waals surface area contributed by atoms with Crippen LogP contribution in [0.5, 0.6) is 0 Å². The highest BCUT2D eigenvalue weighted by Crippen LogP contribution is 2.25. The van der Waals surface area contributed by atoms with Crippen LogP contribution in [0.15, 0.2) is 60.8 Å². The summed E-state index contributed by atoms with van der Waals surface area (Å²) in [5.41, 5.74) is 5.31. The van der Waals surface area contributed by atoms with Crippen LogP contribution >= 0.6 is 0 Å². The molecule has 1 aliphatic rings. The van der Waals surface area contributed by atoms with Gasteiger partial charge in [0.15, 0.2) is 0 Å². The number of piperazine rings is 1. The van der Waals surface area contributed by atoms with Crippen molar-refractivity contribution in [1.82, 2.24) is 9.97 Å². The zero-order valence-electron chi connectivity index (χ0n) is 17.5. The minimum atomic E-state index is 0.195. The molecule has 1 N–H and O–H groups in total. The lowest BCUT2D eigenvalue weighted by Gasteiger charge is -2.37. The SMILES string of the molecule is Cc1cccc(N2CCN(c3nccc(NC(C)c4ccccc4)n3)CC2)c1C. The maximum atomic E-state index is 4.78. The number of aromatic nitrogens is 2. The van der Waals surface area contributed by atoms with Gasteiger partial charge in [-0.3, -0.25) is 0 Å². The Labute approximate surface area is 173 Å². The van der Waals surface area contributed by atoms with Crippen molar-refractivity contribution in [2.24, 2.45) is 0 Å². The molecule has 1 unspecified atom stereocenters. The predicted octanol–water partition coefficient (Wildman–Crippen LogP) is 4.59. The van der Waals surface area contributed by atoms with Gasteiger partial charge in [-0.2, -0.15) is 4.98 Å². The predicted molar refractivity (Wildman–Crippen MR) is 121 cm³/mol. The molecule has 0 radical (unpaired) electrons. The van der Waals surface area contributed by atoms with Crippen LogP contribution in [0.4, 0.5) is 17.5 Å². The van der Waals surface area contributed by atoms with E-state index in [9.17, 15) is 0 Å². The summed E-state index contributed by atoms with van der Waals surface area (Å²) in [5, 5.41) is 3.50. The van der Waals surface area contributed by atoms with Crippen LogP contribution in [0, 0.1) is 13.8 Å². The van der Waals surface area contributed by atoms with Crippen molar-refractivity contribution in [3.05, 3.63) is 77.5 Å². The molecule has 2 aromatic carbocycles. The fourth-order valence-electron chi connectivity index (χ4n) is 3.85. The van der Waals surface area contributed by atoms with E-state index in [0.717, 1.165) is 37.9 Å². The fourth-order valence-corrected chi connectivity index (χ4v) is 3.85. The zero-order chi connectivity index (χ0) is 20.2. The van der Waals surface area contributed by atoms with Gasteiger partial charge >= 0.3 is 0 Å². The lowest BCUT2D eigenvalue weighted by molar-refractivity contribution is 0.638. The van der Waals surface area contributed by atoms with Crippen molar-refractivity contribution in [2.75, 3.05) is 41.3 Å². The molecule has 1 fully saturated rings. The van der Waals surface area contributed by atoms with Crippen LogP contribution in [0.2, 0.25) is 0 Å². The molecule has 0 saturated carbocycles. The summed E-state index contributed by atoms with van der Waals surface area (Å²) < 4.78 is 0. The summed E-state index contributed by atoms with van der Waals surface area (Å²) in [6.07, 6.45) is 1.85. The Morgan fingerprint density at radius 2 is 1.59 bits per heavy atom. The quantitative estimate of drug-likeness (QED) is 0.693. The standard InChI is InChI=1S/C24H29N5/c1-18-8-7-11-22(19(18)2)28-14-16-29(17-15-28)24-25-13-12-23(27-24)26-20(3)21-9-5-4-6-10-21/h4-13,20H,14-17H2,1-3H3,(H,25,26,27). The summed E-state index contributed by atoms with van der Waals surface area (Å²) in [5.74, 6) is 1.67. The van der Waals surface area contributed by atoms with E-state index in [0.29, 0.717) is 0 Å². The van der Waals surface area contributed by atoms with Gasteiger partial charge in [-0.25, -0.2) is 4.98 Å². The van der Waals surface area contributed by atoms with E-state index in [1.165, 1.54) is 22.4 Å². The summed E-state index contributed by atoms with van der Waals surface area (Å²) in [6, 6.07) is 19.1. The summed E-state index contributed by atoms with van der Waals surface area (Å²) in [6.45, 7) is 10.3. The molecule has 150 valence electrons. The molecule has 1 aliphatic heterocycles. The summed E-state index contributed by atoms with van der Waals surface area (Å²) in [7, 11) is 0. The molecule has 2 heterocycles. The number of hydrogen-bond acceptors (Lipinski definition) is 5. The first kappa shape index (κ1) is 19.2. The number of anilines is 3. The molecule has 0 spiro atoms. The van der Waals surface area contributed by atoms with Crippen LogP contribution in [-0.4, -0.2) is 36.1 Å². The molecule has 0 aliphatic carbocycles. The molecule has 5 heteroatoms. The second kappa shape index (κ2) is 8.52. The molecule has 1 atom stereocenters. The molecule has 0 amide bonds. The molecule has 3 aromatic rings. The van der Waals surface area contributed by atoms with Crippen LogP contribution in [0.25, 0.3) is 0 Å². The number of nitrogens with zero attached hydrogens (tertiary/aromatic N) is 4. The van der Waals surface area contributed by atoms with Gasteiger partial charge in [0.2, 0.25) is 5.95 Å². The van der Waals surface area contributed by atoms with Crippen molar-refractivity contribution in [3.63, 3.8) is 0 Å². The number of aryl methyl sites for hydroxylation is 1. The molecular formula is C24H29N5. The highest BCUT2D eigenvalue weighted by molar-refractivity contribution is 5.57. The number of nitrogens with one attached hydrogen (secondary N) is 1. The summed E-state index contributed by atoms with van der Waals surface area (Å²) >= 11 is 0. The number of benzene rings is 2. The first-order valence-corrected chi connectivity index (χ1v) is 10.3. The first-order valence-electron chi connectivity index (χ1n) is 10.3. The monoisotopic (exact) mass is 387 g/mol. The zero-order valence-corrected chi connectivity index (χ0v) is 17.5. The minimum Gasteiger partial charge on any atom is -0.368 e. The van der Waals surface area contributed by atoms with Gasteiger partial charge in [0, 0.05) is 44.1 Å². The highest BCUT2D eigenvalue weighted by atomic mass is 15.3. The van der Waals surface area contributed by atoms with Crippen molar-refractivity contribution in [3.8, 4) is 0 Å². The lowest BCUT2D eigenvalue weighted by Crippen LogP contribution is -2.47. The van der Waals surface area contributed by atoms with Gasteiger partial charge in [0.25, 0.3) is 0 Å². The molecule has 1 saturated heterocycles. The molecule has 29 heavy (non-hydrogen) atoms. The molecule has 0 bridgehead atoms. The van der Waals surface area contributed by atoms with E-state index in [1.807, 2.05) is 18.3 Å². The highest BCUT2D eigenvalue weighted by Gasteiger charge is 2.21. The second-order valence-electron chi connectivity index (χ2n) is 7.71. The normalized spacial score (nSPS) is 15.3. The number of rotatable bonds is 5. The van der Waals surface area contributed by atoms with Crippen molar-refractivity contribution in [2.45, 2.75) is 26.8 Å². The molecular weight excluding hydrogens is 358 g/mol. The van der Waals surface area contributed by atoms with Crippen molar-refractivity contribution >= 4 is 17.5 Å². The lowest BCUT2D eigenvalue weighted by atomic mass is 10.1. The van der Waals surface area contributed by atoms with Gasteiger partial charge in [0.05, 0.1) is 0 Å². The van der Waals surface area contributed by atoms with Crippen LogP contribution in [-0.2, 0) is 0 Å². The molecule has 5 nitrogen and oxygen atoms in total. The van der Waals surface area contributed by atoms with Crippen LogP contribution < -0.4 is 15.1 Å². The Kier molecular flexibility index (Phi) is 5.65. The average Bonchev–Trinajstić information content (AvgIpc) is 2.77. The Morgan fingerprint density at radius 1 is 0.862 bits per heavy atom. The van der Waals surface area contributed by atoms with E-state index in [-0.39, 0.29) is 6.04 Å². The largest absolute Gasteiger partial charge is 0.368 e. The maximum Gasteiger partial charge on any atom is 0.227 e. The van der Waals surface area contributed by atoms with E-state index >= 15 is 0 Å². The second-order valence-corrected chi connectivity index (χ2v) is 7.71. The smallest absolute Gasteiger partial charge is 0.227 e. The van der Waals surface area contributed by atoms with E-state index in [1.54, 1.807) is 0 Å². The minimum absolute atomic E-state index is 0.195. The number of hydrogen-bond donors (Lipinski definition) is 1. The average molecular weight is 388 g/mol. The van der Waals surface area contributed by atoms with E-state index in [2.05, 4.69) is 83.3 Å². The maximum absolute atomic E-state index is 4.78. The fraction of sp³-hybridized carbons (Fsp3) is 0.333. The topological polar surface area (TPSA) is 44.3 Å². The van der Waals surface area contributed by atoms with Crippen molar-refractivity contribution in [1.29, 1.82) is 0 Å². The third-order valence-corrected chi connectivity index (χ3v) is 5.79. The van der Waals surface area contributed by atoms with Gasteiger partial charge < -0.3 is 15.1 Å². The third-order valence-electron chi connectivity index (χ3n) is 5.79. The van der Waals surface area contributed by atoms with Crippen molar-refractivity contribution < 1.29 is 0 Å². The van der Waals surface area contributed by atoms with Gasteiger partial charge in [-0.1, -0.05) is 42.5 Å². The third kappa shape index (κ3) is 4.34. The molecule has 1 aromatic heterocycles. The van der Waals surface area contributed by atoms with E-state index in [4.69, 9.17) is 4.98 Å². The van der Waals surface area contributed by atoms with E-state index < -0.39 is 0 Å². The Balaban J connectivity index is 1.41. The first-order chi connectivity index (χ1) is 14.1. The Bertz CT molecular complexity index is 948. The van der Waals surface area contributed by atoms with Gasteiger partial charge in [-0.05, 0) is 49.6 Å². The van der Waals surface area contributed by atoms with Crippen LogP contribution in [0.1, 0.15) is 29.7 Å². The van der Waals surface area contributed by atoms with Gasteiger partial charge in [0.1, 0.15) is 5.82 Å². The summed E-state index contributed by atoms with van der Waals surface area (Å²) in [4.78, 5) is 14.1. The molecule has 4 rings (SSSR count). The van der Waals surface area contributed by atoms with Gasteiger partial charge in [-0.15, -0.1) is 0 Å². The Morgan fingerprint density at radius 3 is 2.34 bits per heavy atom. The van der Waals surface area contributed by atoms with Crippen LogP contribution in [0.3, 0.4) is 0 Å².